The van der Waals surface area contributed by atoms with Gasteiger partial charge in [0.25, 0.3) is 0 Å². The van der Waals surface area contributed by atoms with Crippen molar-refractivity contribution < 1.29 is 4.74 Å². The van der Waals surface area contributed by atoms with Crippen LogP contribution in [0.1, 0.15) is 30.5 Å². The Kier molecular flexibility index (Phi) is 5.55. The lowest BCUT2D eigenvalue weighted by Gasteiger charge is -2.23. The number of methoxy groups -OCH3 is 1. The molecule has 3 aromatic rings. The zero-order valence-electron chi connectivity index (χ0n) is 15.4. The zero-order valence-corrected chi connectivity index (χ0v) is 16.9. The van der Waals surface area contributed by atoms with Crippen LogP contribution < -0.4 is 4.74 Å². The van der Waals surface area contributed by atoms with Crippen molar-refractivity contribution in [1.82, 2.24) is 9.97 Å². The minimum absolute atomic E-state index is 0.317. The first kappa shape index (κ1) is 19.4. The third-order valence-electron chi connectivity index (χ3n) is 4.75. The van der Waals surface area contributed by atoms with Gasteiger partial charge in [-0.1, -0.05) is 48.3 Å². The average molecular weight is 400 g/mol. The molecule has 0 saturated heterocycles. The van der Waals surface area contributed by atoms with Crippen molar-refractivity contribution in [2.45, 2.75) is 32.1 Å². The molecule has 1 atom stereocenters. The maximum atomic E-state index is 9.92. The normalized spacial score (nSPS) is 13.2. The van der Waals surface area contributed by atoms with Gasteiger partial charge in [-0.15, -0.1) is 0 Å². The van der Waals surface area contributed by atoms with E-state index in [0.29, 0.717) is 22.6 Å². The van der Waals surface area contributed by atoms with Crippen molar-refractivity contribution in [1.29, 1.82) is 5.26 Å². The van der Waals surface area contributed by atoms with E-state index in [4.69, 9.17) is 27.9 Å². The fourth-order valence-corrected chi connectivity index (χ4v) is 3.54. The Hall–Kier alpha value is -2.35. The molecule has 0 aliphatic rings. The number of nitriles is 1. The quantitative estimate of drug-likeness (QED) is 0.529. The third kappa shape index (κ3) is 3.85. The highest BCUT2D eigenvalue weighted by Gasteiger charge is 2.29. The average Bonchev–Trinajstić information content (AvgIpc) is 2.68. The van der Waals surface area contributed by atoms with E-state index in [0.717, 1.165) is 34.0 Å². The summed E-state index contributed by atoms with van der Waals surface area (Å²) < 4.78 is 5.40. The molecule has 2 heterocycles. The largest absolute Gasteiger partial charge is 0.481 e. The minimum Gasteiger partial charge on any atom is -0.481 e. The van der Waals surface area contributed by atoms with Gasteiger partial charge in [0.05, 0.1) is 24.1 Å². The molecule has 0 amide bonds. The maximum absolute atomic E-state index is 9.92. The monoisotopic (exact) mass is 399 g/mol. The van der Waals surface area contributed by atoms with Crippen LogP contribution in [0.4, 0.5) is 0 Å². The fraction of sp³-hybridized carbons (Fsp3) is 0.286. The Morgan fingerprint density at radius 2 is 1.89 bits per heavy atom. The van der Waals surface area contributed by atoms with Crippen LogP contribution in [-0.2, 0) is 18.3 Å². The molecule has 1 unspecified atom stereocenters. The van der Waals surface area contributed by atoms with Crippen LogP contribution in [0.25, 0.3) is 10.9 Å². The van der Waals surface area contributed by atoms with Gasteiger partial charge >= 0.3 is 0 Å². The van der Waals surface area contributed by atoms with Crippen LogP contribution in [0.5, 0.6) is 5.88 Å². The van der Waals surface area contributed by atoms with Gasteiger partial charge in [0.1, 0.15) is 10.3 Å². The number of ether oxygens (including phenoxy) is 1. The topological polar surface area (TPSA) is 58.8 Å². The van der Waals surface area contributed by atoms with E-state index in [1.807, 2.05) is 31.2 Å². The number of aryl methyl sites for hydroxylation is 1. The molecular formula is C21H19Cl2N3O. The molecule has 0 fully saturated rings. The number of pyridine rings is 2. The molecule has 4 nitrogen and oxygen atoms in total. The standard InChI is InChI=1S/C21H19Cl2N3O/c1-4-13-9-14-5-7-16(10-17(14)25-20(13)27-3)21(2,12-24)11-15-6-8-18(22)26-19(15)23/h5-10H,4,11H2,1-3H3. The SMILES string of the molecule is CCc1cc2ccc(C(C)(C#N)Cc3ccc(Cl)nc3Cl)cc2nc1OC. The van der Waals surface area contributed by atoms with Crippen LogP contribution >= 0.6 is 23.2 Å². The number of rotatable bonds is 5. The molecule has 0 aliphatic heterocycles. The van der Waals surface area contributed by atoms with Gasteiger partial charge in [0.15, 0.2) is 0 Å². The number of hydrogen-bond acceptors (Lipinski definition) is 4. The van der Waals surface area contributed by atoms with E-state index >= 15 is 0 Å². The highest BCUT2D eigenvalue weighted by molar-refractivity contribution is 6.32. The number of fused-ring (bicyclic) bond motifs is 1. The van der Waals surface area contributed by atoms with Gasteiger partial charge in [0.2, 0.25) is 5.88 Å². The van der Waals surface area contributed by atoms with Gasteiger partial charge in [-0.05, 0) is 49.1 Å². The second kappa shape index (κ2) is 7.72. The molecule has 0 N–H and O–H groups in total. The molecule has 0 radical (unpaired) electrons. The van der Waals surface area contributed by atoms with Crippen molar-refractivity contribution in [3.05, 3.63) is 63.4 Å². The molecule has 0 aliphatic carbocycles. The summed E-state index contributed by atoms with van der Waals surface area (Å²) in [5, 5.41) is 11.6. The van der Waals surface area contributed by atoms with Gasteiger partial charge in [-0.2, -0.15) is 5.26 Å². The number of benzene rings is 1. The molecule has 27 heavy (non-hydrogen) atoms. The Balaban J connectivity index is 2.06. The third-order valence-corrected chi connectivity index (χ3v) is 5.29. The molecule has 0 saturated carbocycles. The first-order chi connectivity index (χ1) is 12.9. The number of hydrogen-bond donors (Lipinski definition) is 0. The lowest BCUT2D eigenvalue weighted by molar-refractivity contribution is 0.395. The van der Waals surface area contributed by atoms with E-state index in [1.165, 1.54) is 0 Å². The van der Waals surface area contributed by atoms with Crippen LogP contribution in [0.15, 0.2) is 36.4 Å². The summed E-state index contributed by atoms with van der Waals surface area (Å²) in [7, 11) is 1.62. The lowest BCUT2D eigenvalue weighted by Crippen LogP contribution is -2.23. The Bertz CT molecular complexity index is 1050. The van der Waals surface area contributed by atoms with Gasteiger partial charge in [-0.25, -0.2) is 9.97 Å². The second-order valence-corrected chi connectivity index (χ2v) is 7.37. The predicted molar refractivity (Wildman–Crippen MR) is 109 cm³/mol. The van der Waals surface area contributed by atoms with Gasteiger partial charge in [-0.3, -0.25) is 0 Å². The lowest BCUT2D eigenvalue weighted by atomic mass is 9.78. The number of aromatic nitrogens is 2. The molecular weight excluding hydrogens is 381 g/mol. The zero-order chi connectivity index (χ0) is 19.6. The van der Waals surface area contributed by atoms with E-state index in [-0.39, 0.29) is 0 Å². The van der Waals surface area contributed by atoms with E-state index in [2.05, 4.69) is 29.0 Å². The number of halogens is 2. The van der Waals surface area contributed by atoms with Crippen LogP contribution in [-0.4, -0.2) is 17.1 Å². The Morgan fingerprint density at radius 3 is 2.52 bits per heavy atom. The minimum atomic E-state index is -0.786. The summed E-state index contributed by atoms with van der Waals surface area (Å²) in [5.74, 6) is 0.616. The van der Waals surface area contributed by atoms with E-state index in [1.54, 1.807) is 13.2 Å². The first-order valence-corrected chi connectivity index (χ1v) is 9.36. The van der Waals surface area contributed by atoms with Crippen molar-refractivity contribution in [3.8, 4) is 11.9 Å². The van der Waals surface area contributed by atoms with Gasteiger partial charge in [0, 0.05) is 10.9 Å². The van der Waals surface area contributed by atoms with Crippen molar-refractivity contribution >= 4 is 34.1 Å². The Morgan fingerprint density at radius 1 is 1.11 bits per heavy atom. The highest BCUT2D eigenvalue weighted by atomic mass is 35.5. The summed E-state index contributed by atoms with van der Waals surface area (Å²) in [4.78, 5) is 8.69. The van der Waals surface area contributed by atoms with E-state index in [9.17, 15) is 5.26 Å². The summed E-state index contributed by atoms with van der Waals surface area (Å²) in [6, 6.07) is 13.9. The summed E-state index contributed by atoms with van der Waals surface area (Å²) >= 11 is 12.1. The molecule has 138 valence electrons. The second-order valence-electron chi connectivity index (χ2n) is 6.62. The number of nitrogens with zero attached hydrogens (tertiary/aromatic N) is 3. The predicted octanol–water partition coefficient (Wildman–Crippen LogP) is 5.53. The van der Waals surface area contributed by atoms with Gasteiger partial charge < -0.3 is 4.74 Å². The summed E-state index contributed by atoms with van der Waals surface area (Å²) in [6.45, 7) is 3.95. The molecule has 6 heteroatoms. The molecule has 3 rings (SSSR count). The maximum Gasteiger partial charge on any atom is 0.216 e. The van der Waals surface area contributed by atoms with E-state index < -0.39 is 5.41 Å². The molecule has 0 spiro atoms. The first-order valence-electron chi connectivity index (χ1n) is 8.60. The van der Waals surface area contributed by atoms with Crippen LogP contribution in [0.3, 0.4) is 0 Å². The van der Waals surface area contributed by atoms with Crippen molar-refractivity contribution in [2.75, 3.05) is 7.11 Å². The highest BCUT2D eigenvalue weighted by Crippen LogP contribution is 2.33. The van der Waals surface area contributed by atoms with Crippen molar-refractivity contribution in [3.63, 3.8) is 0 Å². The van der Waals surface area contributed by atoms with Crippen molar-refractivity contribution in [2.24, 2.45) is 0 Å². The summed E-state index contributed by atoms with van der Waals surface area (Å²) in [6.07, 6.45) is 1.26. The molecule has 1 aromatic carbocycles. The Labute approximate surface area is 168 Å². The fourth-order valence-electron chi connectivity index (χ4n) is 3.13. The molecule has 0 bridgehead atoms. The molecule has 2 aromatic heterocycles. The van der Waals surface area contributed by atoms with Crippen LogP contribution in [0, 0.1) is 11.3 Å². The van der Waals surface area contributed by atoms with Crippen LogP contribution in [0.2, 0.25) is 10.3 Å². The smallest absolute Gasteiger partial charge is 0.216 e. The summed E-state index contributed by atoms with van der Waals surface area (Å²) in [5.41, 5.74) is 2.70.